The maximum absolute atomic E-state index is 13.9. The number of carboxylic acid groups (broad SMARTS) is 3. The van der Waals surface area contributed by atoms with Crippen LogP contribution in [0.5, 0.6) is 0 Å². The van der Waals surface area contributed by atoms with Gasteiger partial charge in [0.1, 0.15) is 72.9 Å². The van der Waals surface area contributed by atoms with Gasteiger partial charge in [-0.2, -0.15) is 0 Å². The number of phosphoric acid groups is 1. The molecule has 2 fully saturated rings. The fraction of sp³-hybridized carbons (Fsp3) is 0.846. The number of aliphatic carboxylic acids is 3. The number of amides is 5. The highest BCUT2D eigenvalue weighted by atomic mass is 31.2. The van der Waals surface area contributed by atoms with Crippen LogP contribution in [0.15, 0.2) is 0 Å². The Balaban J connectivity index is 2.32. The lowest BCUT2D eigenvalue weighted by Gasteiger charge is -2.49. The third-order valence-corrected chi connectivity index (χ3v) is 14.7. The van der Waals surface area contributed by atoms with Crippen LogP contribution < -0.4 is 32.3 Å². The Kier molecular flexibility index (Phi) is 35.9. The van der Waals surface area contributed by atoms with Gasteiger partial charge in [-0.25, -0.2) is 18.9 Å². The number of rotatable bonds is 44. The summed E-state index contributed by atoms with van der Waals surface area (Å²) in [6.07, 6.45) is -3.23. The monoisotopic (exact) mass is 1220 g/mol. The average molecular weight is 1220 g/mol. The smallest absolute Gasteiger partial charge is 0.474 e. The molecule has 480 valence electrons. The maximum Gasteiger partial charge on any atom is 0.474 e. The largest absolute Gasteiger partial charge is 0.480 e. The molecule has 5 amide bonds. The molecule has 0 radical (unpaired) electrons. The molecule has 31 heteroatoms. The summed E-state index contributed by atoms with van der Waals surface area (Å²) in [5, 5.41) is 83.3. The van der Waals surface area contributed by atoms with Gasteiger partial charge in [0.15, 0.2) is 18.7 Å². The Morgan fingerprint density at radius 1 is 0.627 bits per heavy atom. The highest BCUT2D eigenvalue weighted by Gasteiger charge is 2.55. The molecular weight excluding hydrogens is 1120 g/mol. The molecule has 0 aromatic carbocycles. The lowest BCUT2D eigenvalue weighted by molar-refractivity contribution is -0.331. The van der Waals surface area contributed by atoms with Crippen molar-refractivity contribution in [1.82, 2.24) is 26.6 Å². The van der Waals surface area contributed by atoms with Gasteiger partial charge in [0.25, 0.3) is 0 Å². The van der Waals surface area contributed by atoms with E-state index in [2.05, 4.69) is 33.5 Å². The lowest BCUT2D eigenvalue weighted by atomic mass is 9.94. The van der Waals surface area contributed by atoms with Gasteiger partial charge in [0, 0.05) is 26.9 Å². The minimum absolute atomic E-state index is 0.0285. The van der Waals surface area contributed by atoms with E-state index in [1.807, 2.05) is 0 Å². The predicted molar refractivity (Wildman–Crippen MR) is 291 cm³/mol. The number of ether oxygens (including phenoxy) is 5. The molecule has 0 aromatic rings. The van der Waals surface area contributed by atoms with E-state index in [0.29, 0.717) is 25.8 Å². The number of aliphatic hydroxyl groups is 4. The van der Waals surface area contributed by atoms with Crippen molar-refractivity contribution in [1.29, 1.82) is 0 Å². The zero-order chi connectivity index (χ0) is 62.2. The first-order chi connectivity index (χ1) is 39.3. The molecule has 2 saturated heterocycles. The van der Waals surface area contributed by atoms with Crippen molar-refractivity contribution < 1.29 is 116 Å². The molecule has 0 spiro atoms. The van der Waals surface area contributed by atoms with E-state index in [0.717, 1.165) is 59.8 Å². The standard InChI is InChI=1S/C52H93N6O24P/c1-6-7-8-9-10-11-12-13-14-15-16-17-18-21-26-76-38(50(72)73)29-77-83(74,75)82-52-41(56-33(5)62)45(44(37(28-60)80-52)81-51-40(55-32(4)61)43(65)42(64)36(27-59)79-51)78-31(3)47(67)54-30(2)46(66)58-35(49(70)71)23-24-39(63)57-34(48(68)69)22-19-20-25-53/h30-31,34-38,40-45,51-52,59-60,64-65H,6-29,53H2,1-5H3,(H,54,67)(H,55,61)(H,56,62)(H,57,63)(H,58,66)(H,68,69)(H,70,71)(H,72,73)(H,74,75)/t30-,31+,34-,35+,36+,37+,38+,40+,41+,42+,43+,44+,45+,51-,52+/m0/s1. The van der Waals surface area contributed by atoms with Crippen molar-refractivity contribution in [3.8, 4) is 0 Å². The second-order valence-electron chi connectivity index (χ2n) is 20.8. The highest BCUT2D eigenvalue weighted by molar-refractivity contribution is 7.47. The first kappa shape index (κ1) is 74.6. The maximum atomic E-state index is 13.9. The Morgan fingerprint density at radius 3 is 1.67 bits per heavy atom. The van der Waals surface area contributed by atoms with Gasteiger partial charge in [0.05, 0.1) is 19.8 Å². The van der Waals surface area contributed by atoms with E-state index in [-0.39, 0.29) is 13.0 Å². The average Bonchev–Trinajstić information content (AvgIpc) is 3.53. The quantitative estimate of drug-likeness (QED) is 0.0281. The molecule has 16 atom stereocenters. The molecule has 1 unspecified atom stereocenters. The number of nitrogens with two attached hydrogens (primary N) is 1. The van der Waals surface area contributed by atoms with Gasteiger partial charge in [-0.3, -0.25) is 33.0 Å². The molecule has 2 rings (SSSR count). The molecule has 15 N–H and O–H groups in total. The summed E-state index contributed by atoms with van der Waals surface area (Å²) in [5.41, 5.74) is 5.46. The van der Waals surface area contributed by atoms with E-state index >= 15 is 0 Å². The van der Waals surface area contributed by atoms with Gasteiger partial charge >= 0.3 is 25.7 Å². The Hall–Kier alpha value is -4.53. The van der Waals surface area contributed by atoms with Crippen LogP contribution in [0.3, 0.4) is 0 Å². The Labute approximate surface area is 483 Å². The second kappa shape index (κ2) is 40.0. The van der Waals surface area contributed by atoms with Crippen molar-refractivity contribution in [2.24, 2.45) is 5.73 Å². The summed E-state index contributed by atoms with van der Waals surface area (Å²) in [6.45, 7) is 3.72. The van der Waals surface area contributed by atoms with Gasteiger partial charge in [-0.05, 0) is 52.5 Å². The molecule has 30 nitrogen and oxygen atoms in total. The number of nitrogens with one attached hydrogen (secondary N) is 5. The second-order valence-corrected chi connectivity index (χ2v) is 22.2. The normalized spacial score (nSPS) is 25.1. The minimum atomic E-state index is -5.48. The fourth-order valence-corrected chi connectivity index (χ4v) is 10.0. The summed E-state index contributed by atoms with van der Waals surface area (Å²) < 4.78 is 53.5. The first-order valence-electron chi connectivity index (χ1n) is 28.6. The number of aliphatic hydroxyl groups excluding tert-OH is 4. The van der Waals surface area contributed by atoms with Crippen molar-refractivity contribution >= 4 is 55.3 Å². The predicted octanol–water partition coefficient (Wildman–Crippen LogP) is -0.0517. The van der Waals surface area contributed by atoms with Crippen LogP contribution in [0.2, 0.25) is 0 Å². The molecule has 2 heterocycles. The van der Waals surface area contributed by atoms with Crippen LogP contribution in [-0.4, -0.2) is 213 Å². The van der Waals surface area contributed by atoms with E-state index in [4.69, 9.17) is 38.5 Å². The van der Waals surface area contributed by atoms with Crippen LogP contribution in [0, 0.1) is 0 Å². The lowest BCUT2D eigenvalue weighted by Crippen LogP contribution is -2.70. The van der Waals surface area contributed by atoms with Crippen LogP contribution in [0.4, 0.5) is 0 Å². The molecule has 0 aliphatic carbocycles. The molecule has 0 saturated carbocycles. The number of carboxylic acids is 3. The van der Waals surface area contributed by atoms with E-state index in [1.165, 1.54) is 51.4 Å². The first-order valence-corrected chi connectivity index (χ1v) is 30.1. The number of hydrogen-bond acceptors (Lipinski definition) is 21. The van der Waals surface area contributed by atoms with Crippen molar-refractivity contribution in [3.05, 3.63) is 0 Å². The number of carbonyl (C=O) groups is 8. The number of carbonyl (C=O) groups excluding carboxylic acids is 5. The molecule has 0 aromatic heterocycles. The fourth-order valence-electron chi connectivity index (χ4n) is 9.17. The molecule has 83 heavy (non-hydrogen) atoms. The van der Waals surface area contributed by atoms with E-state index < -0.39 is 180 Å². The summed E-state index contributed by atoms with van der Waals surface area (Å²) in [6, 6.07) is -8.07. The zero-order valence-electron chi connectivity index (χ0n) is 48.3. The van der Waals surface area contributed by atoms with Crippen molar-refractivity contribution in [3.63, 3.8) is 0 Å². The molecule has 2 aliphatic heterocycles. The Bertz CT molecular complexity index is 2050. The molecule has 0 bridgehead atoms. The van der Waals surface area contributed by atoms with Crippen molar-refractivity contribution in [2.45, 2.75) is 248 Å². The SMILES string of the molecule is CCCCCCCCCCCCCCCCO[C@H](COP(=O)(O)O[C@H]1O[C@H](CO)[C@@H](O[C@@H]2O[C@H](CO)[C@@H](O)[C@H](O)[C@H]2NC(C)=O)[C@H](O[C@H](C)C(=O)N[C@@H](C)C(=O)N[C@H](CCC(=O)N[C@@H](CCCCN)C(=O)O)C(=O)O)[C@H]1NC(C)=O)C(=O)O. The van der Waals surface area contributed by atoms with Gasteiger partial charge in [-0.1, -0.05) is 90.4 Å². The number of hydrogen-bond donors (Lipinski definition) is 14. The number of unbranched alkanes of at least 4 members (excludes halogenated alkanes) is 14. The summed E-state index contributed by atoms with van der Waals surface area (Å²) >= 11 is 0. The van der Waals surface area contributed by atoms with Crippen LogP contribution in [0.25, 0.3) is 0 Å². The summed E-state index contributed by atoms with van der Waals surface area (Å²) in [5.74, 6) is -9.14. The van der Waals surface area contributed by atoms with Gasteiger partial charge in [-0.15, -0.1) is 0 Å². The summed E-state index contributed by atoms with van der Waals surface area (Å²) in [7, 11) is -5.48. The summed E-state index contributed by atoms with van der Waals surface area (Å²) in [4.78, 5) is 112. The number of phosphoric ester groups is 1. The molecular formula is C52H93N6O24P. The minimum Gasteiger partial charge on any atom is -0.480 e. The van der Waals surface area contributed by atoms with Gasteiger partial charge < -0.3 is 96.6 Å². The molecule has 2 aliphatic rings. The Morgan fingerprint density at radius 2 is 1.16 bits per heavy atom. The topological polar surface area (TPSA) is 466 Å². The third-order valence-electron chi connectivity index (χ3n) is 13.8. The van der Waals surface area contributed by atoms with Crippen LogP contribution >= 0.6 is 7.82 Å². The van der Waals surface area contributed by atoms with Gasteiger partial charge in [0.2, 0.25) is 29.5 Å². The highest BCUT2D eigenvalue weighted by Crippen LogP contribution is 2.47. The zero-order valence-corrected chi connectivity index (χ0v) is 49.2. The van der Waals surface area contributed by atoms with Crippen LogP contribution in [-0.2, 0) is 75.7 Å². The third kappa shape index (κ3) is 28.0. The van der Waals surface area contributed by atoms with E-state index in [9.17, 15) is 83.6 Å². The van der Waals surface area contributed by atoms with E-state index in [1.54, 1.807) is 0 Å². The van der Waals surface area contributed by atoms with Crippen molar-refractivity contribution in [2.75, 3.05) is 33.0 Å². The van der Waals surface area contributed by atoms with Crippen LogP contribution in [0.1, 0.15) is 157 Å².